The molecule has 2 unspecified atom stereocenters. The molecule has 0 saturated heterocycles. The van der Waals surface area contributed by atoms with Gasteiger partial charge in [-0.2, -0.15) is 22.3 Å². The Morgan fingerprint density at radius 3 is 1.02 bits per heavy atom. The third-order valence-electron chi connectivity index (χ3n) is 10.8. The predicted molar refractivity (Wildman–Crippen MR) is 247 cm³/mol. The molecule has 290 valence electrons. The average molecular weight is 941 g/mol. The summed E-state index contributed by atoms with van der Waals surface area (Å²) in [7, 11) is -2.77. The van der Waals surface area contributed by atoms with E-state index in [4.69, 9.17) is 0 Å². The molecule has 0 spiro atoms. The van der Waals surface area contributed by atoms with Crippen LogP contribution < -0.4 is 10.4 Å². The van der Waals surface area contributed by atoms with Gasteiger partial charge in [0.25, 0.3) is 0 Å². The van der Waals surface area contributed by atoms with Crippen LogP contribution in [0.3, 0.4) is 0 Å². The van der Waals surface area contributed by atoms with E-state index in [1.54, 1.807) is 44.5 Å². The van der Waals surface area contributed by atoms with Gasteiger partial charge in [-0.1, -0.05) is 109 Å². The molecule has 2 aliphatic carbocycles. The maximum Gasteiger partial charge on any atom is 0.193 e. The van der Waals surface area contributed by atoms with Crippen molar-refractivity contribution >= 4 is 58.3 Å². The molecule has 0 aliphatic heterocycles. The van der Waals surface area contributed by atoms with Crippen LogP contribution in [0, 0.1) is 68.5 Å². The Morgan fingerprint density at radius 2 is 0.740 bits per heavy atom. The molecule has 2 fully saturated rings. The molecule has 0 bridgehead atoms. The summed E-state index contributed by atoms with van der Waals surface area (Å²) in [5.74, 6) is 0. The second-order valence-electron chi connectivity index (χ2n) is 19.4. The zero-order chi connectivity index (χ0) is 37.4. The molecule has 50 heavy (non-hydrogen) atoms. The van der Waals surface area contributed by atoms with Crippen molar-refractivity contribution in [2.75, 3.05) is 0 Å². The standard InChI is InChI=1S/2C17H30PSi.2C4H11Si.2Y/c2*1-12-13(2)15(4)17(14(12)3)19(5,6)18-16-10-8-7-9-11-16;2*1-5(2,3)4;;/h2*16,18H,7-11H2,1-6H3;2*1H2,2-4H3;;/q-5;3*-1;;/p+2. The molecule has 2 aliphatic rings. The van der Waals surface area contributed by atoms with Crippen molar-refractivity contribution in [3.05, 3.63) is 57.6 Å². The maximum absolute atomic E-state index is 3.91. The molecule has 2 radical (unpaired) electrons. The van der Waals surface area contributed by atoms with Crippen LogP contribution >= 0.6 is 16.3 Å². The summed E-state index contributed by atoms with van der Waals surface area (Å²) in [5, 5.41) is 3.64. The number of hydrogen-bond donors (Lipinski definition) is 0. The molecule has 0 amide bonds. The first-order chi connectivity index (χ1) is 21.7. The molecule has 2 aromatic carbocycles. The van der Waals surface area contributed by atoms with Crippen LogP contribution in [0.2, 0.25) is 65.5 Å². The molecular formula is C42H84P2Si4Y2-6. The summed E-state index contributed by atoms with van der Waals surface area (Å²) in [5.41, 5.74) is 15.0. The van der Waals surface area contributed by atoms with E-state index < -0.39 is 31.6 Å². The molecule has 0 aromatic heterocycles. The van der Waals surface area contributed by atoms with E-state index >= 15 is 0 Å². The minimum Gasteiger partial charge on any atom is -0.731 e. The second kappa shape index (κ2) is 23.8. The van der Waals surface area contributed by atoms with E-state index in [9.17, 15) is 0 Å². The Kier molecular flexibility index (Phi) is 26.0. The van der Waals surface area contributed by atoms with E-state index in [1.165, 1.54) is 64.2 Å². The van der Waals surface area contributed by atoms with Gasteiger partial charge in [-0.05, 0) is 64.5 Å². The van der Waals surface area contributed by atoms with E-state index in [2.05, 4.69) is 134 Å². The first-order valence-corrected chi connectivity index (χ1v) is 38.0. The summed E-state index contributed by atoms with van der Waals surface area (Å²) < 4.78 is 0. The Balaban J connectivity index is 0. The van der Waals surface area contributed by atoms with Crippen LogP contribution in [0.4, 0.5) is 0 Å². The Bertz CT molecular complexity index is 1110. The zero-order valence-electron chi connectivity index (χ0n) is 36.9. The van der Waals surface area contributed by atoms with Crippen molar-refractivity contribution in [2.24, 2.45) is 0 Å². The summed E-state index contributed by atoms with van der Waals surface area (Å²) in [6.45, 7) is 50.5. The van der Waals surface area contributed by atoms with Gasteiger partial charge in [-0.3, -0.25) is 0 Å². The van der Waals surface area contributed by atoms with Gasteiger partial charge < -0.3 is 40.5 Å². The molecule has 0 heterocycles. The summed E-state index contributed by atoms with van der Waals surface area (Å²) in [4.78, 5) is 0. The quantitative estimate of drug-likeness (QED) is 0.154. The maximum atomic E-state index is 3.91. The molecule has 2 atom stereocenters. The minimum absolute atomic E-state index is 0. The van der Waals surface area contributed by atoms with E-state index in [0.717, 1.165) is 11.3 Å². The van der Waals surface area contributed by atoms with Crippen LogP contribution in [0.25, 0.3) is 0 Å². The first-order valence-electron chi connectivity index (χ1n) is 19.6. The van der Waals surface area contributed by atoms with Crippen molar-refractivity contribution in [2.45, 2.75) is 196 Å². The topological polar surface area (TPSA) is 0 Å². The zero-order valence-corrected chi connectivity index (χ0v) is 48.9. The van der Waals surface area contributed by atoms with Crippen LogP contribution in [0.1, 0.15) is 109 Å². The normalized spacial score (nSPS) is 16.6. The first kappa shape index (κ1) is 54.7. The second-order valence-corrected chi connectivity index (χ2v) is 50.8. The fourth-order valence-electron chi connectivity index (χ4n) is 8.32. The molecule has 0 nitrogen and oxygen atoms in total. The van der Waals surface area contributed by atoms with Gasteiger partial charge in [0, 0.05) is 73.2 Å². The van der Waals surface area contributed by atoms with Gasteiger partial charge in [0.15, 0.2) is 7.74 Å². The van der Waals surface area contributed by atoms with Gasteiger partial charge in [-0.15, -0.1) is 21.3 Å². The molecule has 4 rings (SSSR count). The van der Waals surface area contributed by atoms with Crippen molar-refractivity contribution in [1.82, 2.24) is 0 Å². The molecule has 0 N–H and O–H groups in total. The van der Waals surface area contributed by atoms with Gasteiger partial charge in [0.1, 0.15) is 0 Å². The van der Waals surface area contributed by atoms with E-state index in [0.29, 0.717) is 16.3 Å². The third-order valence-corrected chi connectivity index (χ3v) is 28.3. The fraction of sp³-hybridized carbons (Fsp3) is 0.714. The Morgan fingerprint density at radius 1 is 0.480 bits per heavy atom. The number of hydrogen-bond acceptors (Lipinski definition) is 0. The van der Waals surface area contributed by atoms with Gasteiger partial charge in [0.2, 0.25) is 0 Å². The van der Waals surface area contributed by atoms with Crippen LogP contribution in [-0.2, 0) is 65.4 Å². The van der Waals surface area contributed by atoms with Gasteiger partial charge in [0.05, 0.1) is 11.3 Å². The van der Waals surface area contributed by atoms with Crippen LogP contribution in [0.5, 0.6) is 0 Å². The monoisotopic (exact) mass is 940 g/mol. The Labute approximate surface area is 373 Å². The van der Waals surface area contributed by atoms with E-state index in [1.807, 2.05) is 10.4 Å². The summed E-state index contributed by atoms with van der Waals surface area (Å²) >= 11 is 0. The van der Waals surface area contributed by atoms with Crippen molar-refractivity contribution in [1.29, 1.82) is 0 Å². The van der Waals surface area contributed by atoms with Crippen molar-refractivity contribution in [3.63, 3.8) is 0 Å². The smallest absolute Gasteiger partial charge is 0.193 e. The van der Waals surface area contributed by atoms with E-state index in [-0.39, 0.29) is 65.4 Å². The van der Waals surface area contributed by atoms with Gasteiger partial charge in [-0.25, -0.2) is 27.7 Å². The molecule has 8 heteroatoms. The van der Waals surface area contributed by atoms with Crippen LogP contribution in [-0.4, -0.2) is 42.9 Å². The largest absolute Gasteiger partial charge is 0.731 e. The minimum atomic E-state index is -1.18. The summed E-state index contributed by atoms with van der Waals surface area (Å²) in [6.07, 6.45) is 15.1. The summed E-state index contributed by atoms with van der Waals surface area (Å²) in [6, 6.07) is 0. The average Bonchev–Trinajstić information content (AvgIpc) is 3.26. The van der Waals surface area contributed by atoms with Gasteiger partial charge >= 0.3 is 0 Å². The van der Waals surface area contributed by atoms with Crippen LogP contribution in [0.15, 0.2) is 0 Å². The van der Waals surface area contributed by atoms with Crippen molar-refractivity contribution < 1.29 is 65.4 Å². The number of rotatable bonds is 6. The third kappa shape index (κ3) is 19.2. The van der Waals surface area contributed by atoms with Crippen molar-refractivity contribution in [3.8, 4) is 0 Å². The fourth-order valence-corrected chi connectivity index (χ4v) is 29.9. The molecule has 2 aromatic rings. The predicted octanol–water partition coefficient (Wildman–Crippen LogP) is 13.0. The molecular weight excluding hydrogens is 857 g/mol. The SMILES string of the molecule is C[c-]1[c-](C)[c-](C)[c-]([Si](C)(C)[PH2+]C2CCCCC2)[c-]1C.Cc1c(C)c(C)[c-]([Si](C)(C)[PH2+]C2CCCCC2)c1C.[CH2-][Si](C)(C)C.[CH2-][Si](C)(C)C.[Y].[Y]. The molecule has 2 saturated carbocycles. The Hall–Kier alpha value is 2.64.